The third-order valence-corrected chi connectivity index (χ3v) is 2.44. The van der Waals surface area contributed by atoms with E-state index in [0.717, 1.165) is 36.8 Å². The first kappa shape index (κ1) is 12.4. The van der Waals surface area contributed by atoms with Crippen molar-refractivity contribution in [1.82, 2.24) is 9.97 Å². The zero-order valence-electron chi connectivity index (χ0n) is 10.2. The molecule has 4 nitrogen and oxygen atoms in total. The smallest absolute Gasteiger partial charge is 0.132 e. The lowest BCUT2D eigenvalue weighted by molar-refractivity contribution is 0.796. The average Bonchev–Trinajstić information content (AvgIpc) is 2.29. The summed E-state index contributed by atoms with van der Waals surface area (Å²) in [5.41, 5.74) is 1.05. The molecule has 1 rings (SSSR count). The van der Waals surface area contributed by atoms with E-state index >= 15 is 0 Å². The summed E-state index contributed by atoms with van der Waals surface area (Å²) in [6.45, 7) is 7.65. The Kier molecular flexibility index (Phi) is 4.71. The molecule has 0 aliphatic heterocycles. The third-order valence-electron chi connectivity index (χ3n) is 2.44. The van der Waals surface area contributed by atoms with Crippen molar-refractivity contribution in [3.63, 3.8) is 0 Å². The van der Waals surface area contributed by atoms with Gasteiger partial charge in [-0.3, -0.25) is 0 Å². The van der Waals surface area contributed by atoms with Crippen LogP contribution in [0.1, 0.15) is 31.8 Å². The van der Waals surface area contributed by atoms with Crippen LogP contribution >= 0.6 is 0 Å². The second-order valence-electron chi connectivity index (χ2n) is 3.61. The van der Waals surface area contributed by atoms with Gasteiger partial charge >= 0.3 is 0 Å². The molecule has 16 heavy (non-hydrogen) atoms. The minimum Gasteiger partial charge on any atom is -0.356 e. The highest BCUT2D eigenvalue weighted by atomic mass is 15.2. The van der Waals surface area contributed by atoms with E-state index in [1.165, 1.54) is 0 Å². The highest BCUT2D eigenvalue weighted by molar-refractivity contribution is 5.39. The molecule has 0 N–H and O–H groups in total. The van der Waals surface area contributed by atoms with E-state index in [4.69, 9.17) is 5.26 Å². The van der Waals surface area contributed by atoms with Gasteiger partial charge in [0.1, 0.15) is 11.6 Å². The standard InChI is InChI=1S/C12H18N4/c1-4-11-9-12(15-10(3)14-11)16(5-2)8-6-7-13/h9H,4-6,8H2,1-3H3. The van der Waals surface area contributed by atoms with Crippen LogP contribution in [-0.2, 0) is 6.42 Å². The van der Waals surface area contributed by atoms with Gasteiger partial charge in [0.2, 0.25) is 0 Å². The summed E-state index contributed by atoms with van der Waals surface area (Å²) in [7, 11) is 0. The molecule has 0 aliphatic carbocycles. The molecule has 0 saturated heterocycles. The maximum Gasteiger partial charge on any atom is 0.132 e. The molecule has 0 unspecified atom stereocenters. The number of nitriles is 1. The van der Waals surface area contributed by atoms with Crippen LogP contribution in [0.3, 0.4) is 0 Å². The van der Waals surface area contributed by atoms with E-state index < -0.39 is 0 Å². The maximum atomic E-state index is 8.60. The van der Waals surface area contributed by atoms with Crippen LogP contribution in [0.5, 0.6) is 0 Å². The normalized spacial score (nSPS) is 9.88. The summed E-state index contributed by atoms with van der Waals surface area (Å²) in [4.78, 5) is 10.9. The van der Waals surface area contributed by atoms with Crippen molar-refractivity contribution in [3.8, 4) is 6.07 Å². The highest BCUT2D eigenvalue weighted by Crippen LogP contribution is 2.13. The second kappa shape index (κ2) is 6.06. The quantitative estimate of drug-likeness (QED) is 0.759. The van der Waals surface area contributed by atoms with E-state index in [-0.39, 0.29) is 0 Å². The van der Waals surface area contributed by atoms with Crippen molar-refractivity contribution in [2.75, 3.05) is 18.0 Å². The fraction of sp³-hybridized carbons (Fsp3) is 0.583. The Labute approximate surface area is 96.9 Å². The van der Waals surface area contributed by atoms with Gasteiger partial charge < -0.3 is 4.90 Å². The van der Waals surface area contributed by atoms with Crippen molar-refractivity contribution < 1.29 is 0 Å². The van der Waals surface area contributed by atoms with E-state index in [2.05, 4.69) is 34.8 Å². The Morgan fingerprint density at radius 3 is 2.69 bits per heavy atom. The lowest BCUT2D eigenvalue weighted by Crippen LogP contribution is -2.25. The van der Waals surface area contributed by atoms with Crippen LogP contribution in [0, 0.1) is 18.3 Å². The van der Waals surface area contributed by atoms with Gasteiger partial charge in [-0.1, -0.05) is 6.92 Å². The van der Waals surface area contributed by atoms with Gasteiger partial charge in [-0.15, -0.1) is 0 Å². The molecule has 1 aromatic heterocycles. The molecular weight excluding hydrogens is 200 g/mol. The molecule has 0 aliphatic rings. The molecule has 0 amide bonds. The van der Waals surface area contributed by atoms with E-state index in [1.807, 2.05) is 13.0 Å². The molecule has 0 aromatic carbocycles. The van der Waals surface area contributed by atoms with Gasteiger partial charge in [0.05, 0.1) is 12.5 Å². The Morgan fingerprint density at radius 2 is 2.12 bits per heavy atom. The van der Waals surface area contributed by atoms with Crippen LogP contribution in [-0.4, -0.2) is 23.1 Å². The summed E-state index contributed by atoms with van der Waals surface area (Å²) < 4.78 is 0. The number of anilines is 1. The fourth-order valence-corrected chi connectivity index (χ4v) is 1.57. The van der Waals surface area contributed by atoms with Crippen LogP contribution in [0.2, 0.25) is 0 Å². The minimum atomic E-state index is 0.526. The van der Waals surface area contributed by atoms with Crippen molar-refractivity contribution in [1.29, 1.82) is 5.26 Å². The molecular formula is C12H18N4. The van der Waals surface area contributed by atoms with Gasteiger partial charge in [-0.05, 0) is 20.3 Å². The van der Waals surface area contributed by atoms with Crippen molar-refractivity contribution in [3.05, 3.63) is 17.6 Å². The van der Waals surface area contributed by atoms with E-state index in [0.29, 0.717) is 6.42 Å². The maximum absolute atomic E-state index is 8.60. The summed E-state index contributed by atoms with van der Waals surface area (Å²) in [6, 6.07) is 4.17. The molecule has 1 heterocycles. The van der Waals surface area contributed by atoms with Crippen LogP contribution in [0.4, 0.5) is 5.82 Å². The Hall–Kier alpha value is -1.63. The molecule has 1 aromatic rings. The van der Waals surface area contributed by atoms with Gasteiger partial charge in [0, 0.05) is 24.8 Å². The summed E-state index contributed by atoms with van der Waals surface area (Å²) in [5, 5.41) is 8.60. The van der Waals surface area contributed by atoms with Crippen molar-refractivity contribution >= 4 is 5.82 Å². The second-order valence-corrected chi connectivity index (χ2v) is 3.61. The van der Waals surface area contributed by atoms with Gasteiger partial charge in [0.15, 0.2) is 0 Å². The number of aromatic nitrogens is 2. The summed E-state index contributed by atoms with van der Waals surface area (Å²) in [6.07, 6.45) is 1.44. The molecule has 0 atom stereocenters. The molecule has 86 valence electrons. The molecule has 0 bridgehead atoms. The fourth-order valence-electron chi connectivity index (χ4n) is 1.57. The SMILES string of the molecule is CCc1cc(N(CC)CCC#N)nc(C)n1. The number of rotatable bonds is 5. The first-order chi connectivity index (χ1) is 7.71. The lowest BCUT2D eigenvalue weighted by Gasteiger charge is -2.21. The average molecular weight is 218 g/mol. The highest BCUT2D eigenvalue weighted by Gasteiger charge is 2.07. The molecule has 0 fully saturated rings. The zero-order chi connectivity index (χ0) is 12.0. The molecule has 0 radical (unpaired) electrons. The van der Waals surface area contributed by atoms with Gasteiger partial charge in [-0.25, -0.2) is 9.97 Å². The van der Waals surface area contributed by atoms with Gasteiger partial charge in [-0.2, -0.15) is 5.26 Å². The molecule has 4 heteroatoms. The van der Waals surface area contributed by atoms with Crippen LogP contribution in [0.15, 0.2) is 6.07 Å². The first-order valence-corrected chi connectivity index (χ1v) is 5.67. The monoisotopic (exact) mass is 218 g/mol. The Balaban J connectivity index is 2.91. The summed E-state index contributed by atoms with van der Waals surface area (Å²) >= 11 is 0. The predicted octanol–water partition coefficient (Wildman–Crippen LogP) is 2.09. The lowest BCUT2D eigenvalue weighted by atomic mass is 10.3. The largest absolute Gasteiger partial charge is 0.356 e. The summed E-state index contributed by atoms with van der Waals surface area (Å²) in [5.74, 6) is 1.73. The Morgan fingerprint density at radius 1 is 1.38 bits per heavy atom. The van der Waals surface area contributed by atoms with Crippen molar-refractivity contribution in [2.24, 2.45) is 0 Å². The predicted molar refractivity (Wildman–Crippen MR) is 64.3 cm³/mol. The van der Waals surface area contributed by atoms with E-state index in [1.54, 1.807) is 0 Å². The van der Waals surface area contributed by atoms with Crippen LogP contribution in [0.25, 0.3) is 0 Å². The number of hydrogen-bond acceptors (Lipinski definition) is 4. The van der Waals surface area contributed by atoms with Crippen LogP contribution < -0.4 is 4.90 Å². The first-order valence-electron chi connectivity index (χ1n) is 5.67. The van der Waals surface area contributed by atoms with E-state index in [9.17, 15) is 0 Å². The topological polar surface area (TPSA) is 52.8 Å². The number of aryl methyl sites for hydroxylation is 2. The molecule has 0 spiro atoms. The van der Waals surface area contributed by atoms with Gasteiger partial charge in [0.25, 0.3) is 0 Å². The third kappa shape index (κ3) is 3.20. The van der Waals surface area contributed by atoms with Crippen molar-refractivity contribution in [2.45, 2.75) is 33.6 Å². The number of nitrogens with zero attached hydrogens (tertiary/aromatic N) is 4. The zero-order valence-corrected chi connectivity index (χ0v) is 10.2. The number of hydrogen-bond donors (Lipinski definition) is 0. The minimum absolute atomic E-state index is 0.526. The molecule has 0 saturated carbocycles. The Bertz CT molecular complexity index is 381.